The average Bonchev–Trinajstić information content (AvgIpc) is 2.89. The van der Waals surface area contributed by atoms with Crippen molar-refractivity contribution >= 4 is 29.8 Å². The molecule has 2 saturated heterocycles. The fraction of sp³-hybridized carbons (Fsp3) is 0.690. The van der Waals surface area contributed by atoms with E-state index in [4.69, 9.17) is 14.6 Å². The van der Waals surface area contributed by atoms with E-state index in [1.807, 2.05) is 55.4 Å². The standard InChI is InChI=1S/C16H23N3O3.C11H19NO4.C2H6/c1-16(2,3)22-15(21)19-10-6-12(7-11-19)14(20)18-13-4-8-17-9-5-13;1-11(2,3)16-10(15)12-6-4-8(5-7-12)9(13)14;1-2/h4-5,8-9,12H,6-7,10-11H2,1-3H3,(H,17,18,20);8H,4-7H2,1-3H3,(H,13,14);1-2H3. The number of hydrogen-bond acceptors (Lipinski definition) is 7. The Morgan fingerprint density at radius 3 is 1.50 bits per heavy atom. The Bertz CT molecular complexity index is 941. The van der Waals surface area contributed by atoms with Gasteiger partial charge in [0.15, 0.2) is 0 Å². The van der Waals surface area contributed by atoms with Crippen LogP contribution in [0.4, 0.5) is 15.3 Å². The molecule has 0 spiro atoms. The molecule has 1 aromatic rings. The molecule has 3 rings (SSSR count). The number of pyridine rings is 1. The van der Waals surface area contributed by atoms with Crippen molar-refractivity contribution in [2.75, 3.05) is 31.5 Å². The van der Waals surface area contributed by atoms with Crippen molar-refractivity contribution in [2.45, 2.75) is 92.3 Å². The van der Waals surface area contributed by atoms with Crippen molar-refractivity contribution in [1.29, 1.82) is 0 Å². The SMILES string of the molecule is CC.CC(C)(C)OC(=O)N1CCC(C(=O)Nc2ccncc2)CC1.CC(C)(C)OC(=O)N1CCC(C(=O)O)CC1. The number of nitrogens with one attached hydrogen (secondary N) is 1. The number of carboxylic acids is 1. The number of anilines is 1. The van der Waals surface area contributed by atoms with Crippen LogP contribution in [0.5, 0.6) is 0 Å². The van der Waals surface area contributed by atoms with E-state index in [9.17, 15) is 19.2 Å². The van der Waals surface area contributed by atoms with E-state index >= 15 is 0 Å². The van der Waals surface area contributed by atoms with Gasteiger partial charge in [-0.15, -0.1) is 0 Å². The average molecular weight is 565 g/mol. The van der Waals surface area contributed by atoms with Crippen LogP contribution in [-0.4, -0.2) is 81.3 Å². The first kappa shape index (κ1) is 34.7. The minimum atomic E-state index is -0.774. The molecule has 0 atom stereocenters. The third-order valence-electron chi connectivity index (χ3n) is 5.96. The van der Waals surface area contributed by atoms with Crippen LogP contribution in [-0.2, 0) is 19.1 Å². The van der Waals surface area contributed by atoms with E-state index in [1.165, 1.54) is 0 Å². The lowest BCUT2D eigenvalue weighted by atomic mass is 9.96. The molecule has 0 unspecified atom stereocenters. The number of rotatable bonds is 3. The van der Waals surface area contributed by atoms with Crippen LogP contribution in [0.15, 0.2) is 24.5 Å². The summed E-state index contributed by atoms with van der Waals surface area (Å²) in [5.74, 6) is -1.18. The molecule has 0 saturated carbocycles. The number of carbonyl (C=O) groups is 4. The van der Waals surface area contributed by atoms with Gasteiger partial charge in [-0.1, -0.05) is 13.8 Å². The summed E-state index contributed by atoms with van der Waals surface area (Å²) in [6.07, 6.45) is 4.94. The summed E-state index contributed by atoms with van der Waals surface area (Å²) in [7, 11) is 0. The van der Waals surface area contributed by atoms with Gasteiger partial charge in [-0.3, -0.25) is 14.6 Å². The molecule has 2 aliphatic rings. The number of ether oxygens (including phenoxy) is 2. The third-order valence-corrected chi connectivity index (χ3v) is 5.96. The Hall–Kier alpha value is -3.37. The molecule has 2 aliphatic heterocycles. The van der Waals surface area contributed by atoms with Crippen LogP contribution >= 0.6 is 0 Å². The number of aliphatic carboxylic acids is 1. The second-order valence-corrected chi connectivity index (χ2v) is 11.5. The number of carbonyl (C=O) groups excluding carboxylic acids is 3. The molecule has 11 heteroatoms. The predicted octanol–water partition coefficient (Wildman–Crippen LogP) is 5.41. The van der Waals surface area contributed by atoms with Gasteiger partial charge in [0.25, 0.3) is 0 Å². The lowest BCUT2D eigenvalue weighted by molar-refractivity contribution is -0.143. The van der Waals surface area contributed by atoms with Crippen LogP contribution in [0.2, 0.25) is 0 Å². The van der Waals surface area contributed by atoms with Crippen molar-refractivity contribution < 1.29 is 33.8 Å². The zero-order chi connectivity index (χ0) is 30.5. The molecule has 2 N–H and O–H groups in total. The maximum absolute atomic E-state index is 12.2. The maximum atomic E-state index is 12.2. The van der Waals surface area contributed by atoms with Gasteiger partial charge < -0.3 is 29.7 Å². The first-order valence-electron chi connectivity index (χ1n) is 14.0. The zero-order valence-electron chi connectivity index (χ0n) is 25.4. The smallest absolute Gasteiger partial charge is 0.410 e. The fourth-order valence-electron chi connectivity index (χ4n) is 3.97. The summed E-state index contributed by atoms with van der Waals surface area (Å²) in [5.41, 5.74) is -0.248. The Labute approximate surface area is 238 Å². The van der Waals surface area contributed by atoms with Crippen molar-refractivity contribution in [3.05, 3.63) is 24.5 Å². The van der Waals surface area contributed by atoms with Crippen LogP contribution in [0.3, 0.4) is 0 Å². The minimum Gasteiger partial charge on any atom is -0.481 e. The number of piperidine rings is 2. The Balaban J connectivity index is 0.000000394. The summed E-state index contributed by atoms with van der Waals surface area (Å²) < 4.78 is 10.6. The number of aromatic nitrogens is 1. The highest BCUT2D eigenvalue weighted by Gasteiger charge is 2.31. The molecule has 2 fully saturated rings. The second-order valence-electron chi connectivity index (χ2n) is 11.5. The van der Waals surface area contributed by atoms with E-state index < -0.39 is 17.2 Å². The Morgan fingerprint density at radius 1 is 0.775 bits per heavy atom. The molecule has 1 aromatic heterocycles. The van der Waals surface area contributed by atoms with Crippen LogP contribution < -0.4 is 5.32 Å². The molecular weight excluding hydrogens is 516 g/mol. The highest BCUT2D eigenvalue weighted by Crippen LogP contribution is 2.22. The van der Waals surface area contributed by atoms with E-state index in [-0.39, 0.29) is 29.9 Å². The largest absolute Gasteiger partial charge is 0.481 e. The number of likely N-dealkylation sites (tertiary alicyclic amines) is 2. The number of carboxylic acid groups (broad SMARTS) is 1. The topological polar surface area (TPSA) is 138 Å². The first-order valence-corrected chi connectivity index (χ1v) is 14.0. The van der Waals surface area contributed by atoms with Gasteiger partial charge >= 0.3 is 18.2 Å². The number of nitrogens with zero attached hydrogens (tertiary/aromatic N) is 3. The molecule has 3 heterocycles. The molecule has 0 aromatic carbocycles. The quantitative estimate of drug-likeness (QED) is 0.497. The minimum absolute atomic E-state index is 0.00459. The van der Waals surface area contributed by atoms with Crippen molar-refractivity contribution in [1.82, 2.24) is 14.8 Å². The molecule has 0 aliphatic carbocycles. The molecule has 226 valence electrons. The van der Waals surface area contributed by atoms with E-state index in [0.717, 1.165) is 5.69 Å². The molecule has 3 amide bonds. The molecular formula is C29H48N4O7. The molecule has 0 bridgehead atoms. The fourth-order valence-corrected chi connectivity index (χ4v) is 3.97. The lowest BCUT2D eigenvalue weighted by Gasteiger charge is -2.32. The first-order chi connectivity index (χ1) is 18.6. The number of hydrogen-bond donors (Lipinski definition) is 2. The van der Waals surface area contributed by atoms with Crippen molar-refractivity contribution in [2.24, 2.45) is 11.8 Å². The lowest BCUT2D eigenvalue weighted by Crippen LogP contribution is -2.43. The van der Waals surface area contributed by atoms with Crippen LogP contribution in [0.25, 0.3) is 0 Å². The number of amides is 3. The normalized spacial score (nSPS) is 16.4. The second kappa shape index (κ2) is 16.0. The highest BCUT2D eigenvalue weighted by molar-refractivity contribution is 5.92. The summed E-state index contributed by atoms with van der Waals surface area (Å²) in [6, 6.07) is 3.52. The molecule has 0 radical (unpaired) electrons. The van der Waals surface area contributed by atoms with Crippen molar-refractivity contribution in [3.8, 4) is 0 Å². The third kappa shape index (κ3) is 13.1. The van der Waals surface area contributed by atoms with Crippen LogP contribution in [0, 0.1) is 11.8 Å². The summed E-state index contributed by atoms with van der Waals surface area (Å²) in [6.45, 7) is 17.0. The molecule has 11 nitrogen and oxygen atoms in total. The summed E-state index contributed by atoms with van der Waals surface area (Å²) >= 11 is 0. The van der Waals surface area contributed by atoms with Crippen LogP contribution in [0.1, 0.15) is 81.1 Å². The monoisotopic (exact) mass is 564 g/mol. The Morgan fingerprint density at radius 2 is 1.15 bits per heavy atom. The zero-order valence-corrected chi connectivity index (χ0v) is 25.4. The van der Waals surface area contributed by atoms with Gasteiger partial charge in [0.2, 0.25) is 5.91 Å². The van der Waals surface area contributed by atoms with Gasteiger partial charge in [-0.05, 0) is 79.4 Å². The van der Waals surface area contributed by atoms with Crippen molar-refractivity contribution in [3.63, 3.8) is 0 Å². The summed E-state index contributed by atoms with van der Waals surface area (Å²) in [4.78, 5) is 53.7. The van der Waals surface area contributed by atoms with Gasteiger partial charge in [-0.2, -0.15) is 0 Å². The van der Waals surface area contributed by atoms with E-state index in [1.54, 1.807) is 34.3 Å². The molecule has 40 heavy (non-hydrogen) atoms. The van der Waals surface area contributed by atoms with Gasteiger partial charge in [0, 0.05) is 50.2 Å². The van der Waals surface area contributed by atoms with Gasteiger partial charge in [0.1, 0.15) is 11.2 Å². The Kier molecular flexibility index (Phi) is 13.9. The van der Waals surface area contributed by atoms with E-state index in [0.29, 0.717) is 51.9 Å². The maximum Gasteiger partial charge on any atom is 0.410 e. The summed E-state index contributed by atoms with van der Waals surface area (Å²) in [5, 5.41) is 11.7. The van der Waals surface area contributed by atoms with E-state index in [2.05, 4.69) is 10.3 Å². The van der Waals surface area contributed by atoms with Gasteiger partial charge in [0.05, 0.1) is 5.92 Å². The van der Waals surface area contributed by atoms with Gasteiger partial charge in [-0.25, -0.2) is 9.59 Å². The highest BCUT2D eigenvalue weighted by atomic mass is 16.6. The predicted molar refractivity (Wildman–Crippen MR) is 153 cm³/mol.